The van der Waals surface area contributed by atoms with Gasteiger partial charge in [0.25, 0.3) is 0 Å². The van der Waals surface area contributed by atoms with Gasteiger partial charge in [-0.15, -0.1) is 0 Å². The second-order valence-electron chi connectivity index (χ2n) is 2.88. The van der Waals surface area contributed by atoms with Crippen LogP contribution in [-0.2, 0) is 4.79 Å². The highest BCUT2D eigenvalue weighted by Gasteiger charge is 2.03. The van der Waals surface area contributed by atoms with E-state index in [1.54, 1.807) is 6.08 Å². The Morgan fingerprint density at radius 3 is 2.43 bits per heavy atom. The smallest absolute Gasteiger partial charge is 0.331 e. The number of carboxylic acid groups (broad SMARTS) is 1. The van der Waals surface area contributed by atoms with Crippen LogP contribution < -0.4 is 0 Å². The van der Waals surface area contributed by atoms with Crippen molar-refractivity contribution in [3.8, 4) is 0 Å². The number of hydrogen-bond donors (Lipinski definition) is 1. The van der Waals surface area contributed by atoms with Crippen molar-refractivity contribution in [2.45, 2.75) is 13.3 Å². The Labute approximate surface area is 91.4 Å². The summed E-state index contributed by atoms with van der Waals surface area (Å²) in [6.07, 6.45) is 2.22. The molecule has 0 aliphatic rings. The molecule has 0 aromatic heterocycles. The molecule has 0 radical (unpaired) electrons. The molecular weight excluding hydrogens is 244 g/mol. The van der Waals surface area contributed by atoms with Gasteiger partial charge in [0.15, 0.2) is 0 Å². The number of aliphatic carboxylic acids is 1. The van der Waals surface area contributed by atoms with Crippen molar-refractivity contribution in [2.75, 3.05) is 0 Å². The van der Waals surface area contributed by atoms with E-state index in [1.165, 1.54) is 0 Å². The van der Waals surface area contributed by atoms with E-state index >= 15 is 0 Å². The quantitative estimate of drug-likeness (QED) is 0.841. The van der Waals surface area contributed by atoms with E-state index in [2.05, 4.69) is 15.9 Å². The molecule has 0 unspecified atom stereocenters. The van der Waals surface area contributed by atoms with Crippen LogP contribution in [0.3, 0.4) is 0 Å². The Bertz CT molecular complexity index is 352. The molecule has 0 saturated carbocycles. The third-order valence-corrected chi connectivity index (χ3v) is 2.40. The van der Waals surface area contributed by atoms with Crippen LogP contribution in [0.25, 0.3) is 6.08 Å². The standard InChI is InChI=1S/C11H11BrO2/c1-2-9(11(13)14)7-8-3-5-10(12)6-4-8/h3-7H,2H2,1H3,(H,13,14). The molecular formula is C11H11BrO2. The molecule has 0 atom stereocenters. The van der Waals surface area contributed by atoms with Crippen molar-refractivity contribution >= 4 is 28.0 Å². The summed E-state index contributed by atoms with van der Waals surface area (Å²) in [6.45, 7) is 1.83. The summed E-state index contributed by atoms with van der Waals surface area (Å²) in [4.78, 5) is 10.7. The van der Waals surface area contributed by atoms with Crippen molar-refractivity contribution < 1.29 is 9.90 Å². The average molecular weight is 255 g/mol. The molecule has 0 bridgehead atoms. The van der Waals surface area contributed by atoms with Crippen LogP contribution in [-0.4, -0.2) is 11.1 Å². The van der Waals surface area contributed by atoms with Gasteiger partial charge < -0.3 is 5.11 Å². The van der Waals surface area contributed by atoms with Crippen molar-refractivity contribution in [3.05, 3.63) is 39.9 Å². The van der Waals surface area contributed by atoms with Gasteiger partial charge in [0.1, 0.15) is 0 Å². The van der Waals surface area contributed by atoms with Crippen LogP contribution in [0.5, 0.6) is 0 Å². The molecule has 0 amide bonds. The van der Waals surface area contributed by atoms with Crippen molar-refractivity contribution in [2.24, 2.45) is 0 Å². The maximum Gasteiger partial charge on any atom is 0.331 e. The van der Waals surface area contributed by atoms with Gasteiger partial charge >= 0.3 is 5.97 Å². The zero-order valence-corrected chi connectivity index (χ0v) is 9.41. The van der Waals surface area contributed by atoms with Crippen LogP contribution in [0.4, 0.5) is 0 Å². The number of halogens is 1. The van der Waals surface area contributed by atoms with E-state index in [9.17, 15) is 4.79 Å². The molecule has 1 N–H and O–H groups in total. The van der Waals surface area contributed by atoms with E-state index in [4.69, 9.17) is 5.11 Å². The first-order valence-electron chi connectivity index (χ1n) is 4.33. The maximum absolute atomic E-state index is 10.7. The first-order chi connectivity index (χ1) is 6.63. The number of carboxylic acids is 1. The highest BCUT2D eigenvalue weighted by Crippen LogP contribution is 2.14. The second kappa shape index (κ2) is 4.96. The third kappa shape index (κ3) is 3.00. The molecule has 3 heteroatoms. The molecule has 0 spiro atoms. The fourth-order valence-corrected chi connectivity index (χ4v) is 1.34. The summed E-state index contributed by atoms with van der Waals surface area (Å²) in [7, 11) is 0. The Balaban J connectivity index is 2.95. The first-order valence-corrected chi connectivity index (χ1v) is 5.12. The molecule has 1 aromatic carbocycles. The van der Waals surface area contributed by atoms with Gasteiger partial charge in [0.2, 0.25) is 0 Å². The summed E-state index contributed by atoms with van der Waals surface area (Å²) in [5, 5.41) is 8.81. The zero-order chi connectivity index (χ0) is 10.6. The molecule has 14 heavy (non-hydrogen) atoms. The molecule has 0 fully saturated rings. The fraction of sp³-hybridized carbons (Fsp3) is 0.182. The monoisotopic (exact) mass is 254 g/mol. The Morgan fingerprint density at radius 2 is 2.00 bits per heavy atom. The highest BCUT2D eigenvalue weighted by molar-refractivity contribution is 9.10. The molecule has 74 valence electrons. The van der Waals surface area contributed by atoms with E-state index in [1.807, 2.05) is 31.2 Å². The summed E-state index contributed by atoms with van der Waals surface area (Å²) in [5.41, 5.74) is 1.33. The molecule has 0 aliphatic heterocycles. The summed E-state index contributed by atoms with van der Waals surface area (Å²) < 4.78 is 0.989. The highest BCUT2D eigenvalue weighted by atomic mass is 79.9. The van der Waals surface area contributed by atoms with E-state index < -0.39 is 5.97 Å². The van der Waals surface area contributed by atoms with Crippen molar-refractivity contribution in [3.63, 3.8) is 0 Å². The summed E-state index contributed by atoms with van der Waals surface area (Å²) >= 11 is 3.32. The lowest BCUT2D eigenvalue weighted by atomic mass is 10.1. The summed E-state index contributed by atoms with van der Waals surface area (Å²) in [6, 6.07) is 7.54. The van der Waals surface area contributed by atoms with Crippen LogP contribution in [0.1, 0.15) is 18.9 Å². The van der Waals surface area contributed by atoms with E-state index in [-0.39, 0.29) is 0 Å². The Morgan fingerprint density at radius 1 is 1.43 bits per heavy atom. The van der Waals surface area contributed by atoms with Gasteiger partial charge in [-0.2, -0.15) is 0 Å². The lowest BCUT2D eigenvalue weighted by Crippen LogP contribution is -1.98. The van der Waals surface area contributed by atoms with Crippen molar-refractivity contribution in [1.29, 1.82) is 0 Å². The second-order valence-corrected chi connectivity index (χ2v) is 3.80. The predicted octanol–water partition coefficient (Wildman–Crippen LogP) is 3.33. The van der Waals surface area contributed by atoms with E-state index in [0.717, 1.165) is 10.0 Å². The molecule has 0 aliphatic carbocycles. The topological polar surface area (TPSA) is 37.3 Å². The van der Waals surface area contributed by atoms with Crippen LogP contribution in [0, 0.1) is 0 Å². The Hall–Kier alpha value is -1.09. The van der Waals surface area contributed by atoms with Crippen LogP contribution >= 0.6 is 15.9 Å². The minimum Gasteiger partial charge on any atom is -0.478 e. The maximum atomic E-state index is 10.7. The summed E-state index contributed by atoms with van der Waals surface area (Å²) in [5.74, 6) is -0.851. The van der Waals surface area contributed by atoms with Crippen LogP contribution in [0.2, 0.25) is 0 Å². The lowest BCUT2D eigenvalue weighted by molar-refractivity contribution is -0.132. The number of rotatable bonds is 3. The van der Waals surface area contributed by atoms with Gasteiger partial charge in [-0.25, -0.2) is 4.79 Å². The molecule has 1 rings (SSSR count). The number of benzene rings is 1. The lowest BCUT2D eigenvalue weighted by Gasteiger charge is -1.98. The fourth-order valence-electron chi connectivity index (χ4n) is 1.08. The molecule has 2 nitrogen and oxygen atoms in total. The van der Waals surface area contributed by atoms with E-state index in [0.29, 0.717) is 12.0 Å². The normalized spacial score (nSPS) is 11.4. The zero-order valence-electron chi connectivity index (χ0n) is 7.83. The SMILES string of the molecule is CCC(=Cc1ccc(Br)cc1)C(=O)O. The average Bonchev–Trinajstić information content (AvgIpc) is 2.16. The number of hydrogen-bond acceptors (Lipinski definition) is 1. The van der Waals surface area contributed by atoms with Gasteiger partial charge in [-0.05, 0) is 30.2 Å². The van der Waals surface area contributed by atoms with Gasteiger partial charge in [0.05, 0.1) is 0 Å². The largest absolute Gasteiger partial charge is 0.478 e. The molecule has 1 aromatic rings. The van der Waals surface area contributed by atoms with Gasteiger partial charge in [-0.1, -0.05) is 35.0 Å². The minimum atomic E-state index is -0.851. The molecule has 0 heterocycles. The van der Waals surface area contributed by atoms with Crippen LogP contribution in [0.15, 0.2) is 34.3 Å². The molecule has 0 saturated heterocycles. The number of carbonyl (C=O) groups is 1. The van der Waals surface area contributed by atoms with Crippen molar-refractivity contribution in [1.82, 2.24) is 0 Å². The van der Waals surface area contributed by atoms with Gasteiger partial charge in [0, 0.05) is 10.0 Å². The van der Waals surface area contributed by atoms with Gasteiger partial charge in [-0.3, -0.25) is 0 Å². The predicted molar refractivity (Wildman–Crippen MR) is 60.0 cm³/mol. The minimum absolute atomic E-state index is 0.423. The third-order valence-electron chi connectivity index (χ3n) is 1.87. The first kappa shape index (κ1) is 11.0. The Kier molecular flexibility index (Phi) is 3.89.